The van der Waals surface area contributed by atoms with E-state index < -0.39 is 0 Å². The maximum atomic E-state index is 13.3. The third-order valence-corrected chi connectivity index (χ3v) is 6.51. The molecule has 33 heavy (non-hydrogen) atoms. The largest absolute Gasteiger partial charge is 0.420 e. The highest BCUT2D eigenvalue weighted by Gasteiger charge is 2.17. The van der Waals surface area contributed by atoms with Crippen LogP contribution in [0.15, 0.2) is 69.0 Å². The minimum absolute atomic E-state index is 0.0222. The van der Waals surface area contributed by atoms with Crippen LogP contribution in [0.2, 0.25) is 0 Å². The van der Waals surface area contributed by atoms with Crippen LogP contribution in [-0.2, 0) is 12.3 Å². The Labute approximate surface area is 197 Å². The van der Waals surface area contributed by atoms with Gasteiger partial charge in [0.15, 0.2) is 5.16 Å². The van der Waals surface area contributed by atoms with E-state index in [-0.39, 0.29) is 5.56 Å². The standard InChI is InChI=1S/C25H29N5O2S/c1-17(2)29(18(3)4)14-15-30-24(31)20-12-8-9-13-21(20)26-25(30)33-16-22-27-28-23(32-22)19-10-6-5-7-11-19/h5-13,17-18H,14-16H2,1-4H3. The molecular formula is C25H29N5O2S. The van der Waals surface area contributed by atoms with Crippen molar-refractivity contribution in [2.24, 2.45) is 0 Å². The van der Waals surface area contributed by atoms with E-state index in [0.29, 0.717) is 52.2 Å². The van der Waals surface area contributed by atoms with E-state index in [1.165, 1.54) is 11.8 Å². The van der Waals surface area contributed by atoms with Crippen LogP contribution in [0, 0.1) is 0 Å². The van der Waals surface area contributed by atoms with Gasteiger partial charge in [-0.2, -0.15) is 0 Å². The van der Waals surface area contributed by atoms with Crippen molar-refractivity contribution in [2.75, 3.05) is 6.54 Å². The topological polar surface area (TPSA) is 77.1 Å². The Hall–Kier alpha value is -2.97. The number of benzene rings is 2. The number of thioether (sulfide) groups is 1. The van der Waals surface area contributed by atoms with E-state index in [9.17, 15) is 4.79 Å². The van der Waals surface area contributed by atoms with Gasteiger partial charge in [-0.3, -0.25) is 14.3 Å². The Morgan fingerprint density at radius 1 is 0.970 bits per heavy atom. The predicted octanol–water partition coefficient (Wildman–Crippen LogP) is 4.86. The SMILES string of the molecule is CC(C)N(CCn1c(SCc2nnc(-c3ccccc3)o2)nc2ccccc2c1=O)C(C)C. The molecule has 0 aliphatic heterocycles. The zero-order chi connectivity index (χ0) is 23.4. The smallest absolute Gasteiger partial charge is 0.262 e. The quantitative estimate of drug-likeness (QED) is 0.259. The third-order valence-electron chi connectivity index (χ3n) is 5.55. The maximum Gasteiger partial charge on any atom is 0.262 e. The first kappa shape index (κ1) is 23.2. The van der Waals surface area contributed by atoms with E-state index >= 15 is 0 Å². The summed E-state index contributed by atoms with van der Waals surface area (Å²) < 4.78 is 7.62. The van der Waals surface area contributed by atoms with Crippen LogP contribution in [0.4, 0.5) is 0 Å². The lowest BCUT2D eigenvalue weighted by Crippen LogP contribution is -2.40. The van der Waals surface area contributed by atoms with Crippen molar-refractivity contribution in [1.29, 1.82) is 0 Å². The van der Waals surface area contributed by atoms with Crippen LogP contribution in [-0.4, -0.2) is 43.3 Å². The van der Waals surface area contributed by atoms with Crippen molar-refractivity contribution in [1.82, 2.24) is 24.6 Å². The van der Waals surface area contributed by atoms with E-state index in [1.54, 1.807) is 4.57 Å². The van der Waals surface area contributed by atoms with Gasteiger partial charge >= 0.3 is 0 Å². The minimum atomic E-state index is -0.0222. The zero-order valence-corrected chi connectivity index (χ0v) is 20.2. The molecule has 0 N–H and O–H groups in total. The molecule has 8 heteroatoms. The second-order valence-corrected chi connectivity index (χ2v) is 9.39. The summed E-state index contributed by atoms with van der Waals surface area (Å²) >= 11 is 1.44. The van der Waals surface area contributed by atoms with Gasteiger partial charge in [-0.1, -0.05) is 42.1 Å². The average molecular weight is 464 g/mol. The summed E-state index contributed by atoms with van der Waals surface area (Å²) in [6, 6.07) is 17.9. The molecule has 0 saturated carbocycles. The Kier molecular flexibility index (Phi) is 7.25. The normalized spacial score (nSPS) is 11.8. The Morgan fingerprint density at radius 2 is 1.67 bits per heavy atom. The molecule has 0 radical (unpaired) electrons. The average Bonchev–Trinajstić information content (AvgIpc) is 3.28. The third kappa shape index (κ3) is 5.34. The molecule has 0 aliphatic carbocycles. The highest BCUT2D eigenvalue weighted by atomic mass is 32.2. The number of nitrogens with zero attached hydrogens (tertiary/aromatic N) is 5. The summed E-state index contributed by atoms with van der Waals surface area (Å²) in [5, 5.41) is 9.63. The molecule has 0 unspecified atom stereocenters. The van der Waals surface area contributed by atoms with Gasteiger partial charge in [0.2, 0.25) is 11.8 Å². The fraction of sp³-hybridized carbons (Fsp3) is 0.360. The predicted molar refractivity (Wildman–Crippen MR) is 132 cm³/mol. The molecule has 2 aromatic heterocycles. The molecule has 0 fully saturated rings. The van der Waals surface area contributed by atoms with Crippen molar-refractivity contribution >= 4 is 22.7 Å². The lowest BCUT2D eigenvalue weighted by atomic mass is 10.2. The van der Waals surface area contributed by atoms with Gasteiger partial charge in [0.1, 0.15) is 0 Å². The highest BCUT2D eigenvalue weighted by molar-refractivity contribution is 7.98. The number of rotatable bonds is 9. The van der Waals surface area contributed by atoms with Gasteiger partial charge in [-0.05, 0) is 52.0 Å². The highest BCUT2D eigenvalue weighted by Crippen LogP contribution is 2.24. The van der Waals surface area contributed by atoms with E-state index in [2.05, 4.69) is 42.8 Å². The Balaban J connectivity index is 1.60. The van der Waals surface area contributed by atoms with Crippen LogP contribution < -0.4 is 5.56 Å². The molecular weight excluding hydrogens is 434 g/mol. The first-order valence-electron chi connectivity index (χ1n) is 11.2. The minimum Gasteiger partial charge on any atom is -0.420 e. The first-order valence-corrected chi connectivity index (χ1v) is 12.2. The lowest BCUT2D eigenvalue weighted by Gasteiger charge is -2.30. The van der Waals surface area contributed by atoms with E-state index in [1.807, 2.05) is 54.6 Å². The summed E-state index contributed by atoms with van der Waals surface area (Å²) in [5.41, 5.74) is 1.55. The van der Waals surface area contributed by atoms with Crippen molar-refractivity contribution in [3.05, 3.63) is 70.8 Å². The van der Waals surface area contributed by atoms with Gasteiger partial charge in [0.05, 0.1) is 16.7 Å². The van der Waals surface area contributed by atoms with E-state index in [4.69, 9.17) is 9.40 Å². The Bertz CT molecular complexity index is 1260. The van der Waals surface area contributed by atoms with Crippen LogP contribution in [0.25, 0.3) is 22.4 Å². The van der Waals surface area contributed by atoms with Crippen molar-refractivity contribution < 1.29 is 4.42 Å². The molecule has 0 bridgehead atoms. The molecule has 0 spiro atoms. The second-order valence-electron chi connectivity index (χ2n) is 8.45. The van der Waals surface area contributed by atoms with Crippen LogP contribution in [0.3, 0.4) is 0 Å². The molecule has 172 valence electrons. The fourth-order valence-corrected chi connectivity index (χ4v) is 4.78. The van der Waals surface area contributed by atoms with Crippen LogP contribution in [0.5, 0.6) is 0 Å². The van der Waals surface area contributed by atoms with Gasteiger partial charge in [-0.15, -0.1) is 10.2 Å². The van der Waals surface area contributed by atoms with Crippen molar-refractivity contribution in [2.45, 2.75) is 57.2 Å². The molecule has 2 aromatic carbocycles. The van der Waals surface area contributed by atoms with Crippen molar-refractivity contribution in [3.8, 4) is 11.5 Å². The number of para-hydroxylation sites is 1. The molecule has 0 atom stereocenters. The molecule has 7 nitrogen and oxygen atoms in total. The molecule has 0 aliphatic rings. The number of aromatic nitrogens is 4. The van der Waals surface area contributed by atoms with Gasteiger partial charge < -0.3 is 4.42 Å². The van der Waals surface area contributed by atoms with Crippen LogP contribution >= 0.6 is 11.8 Å². The molecule has 2 heterocycles. The van der Waals surface area contributed by atoms with Crippen molar-refractivity contribution in [3.63, 3.8) is 0 Å². The van der Waals surface area contributed by atoms with Crippen LogP contribution in [0.1, 0.15) is 33.6 Å². The molecule has 0 amide bonds. The van der Waals surface area contributed by atoms with Gasteiger partial charge in [-0.25, -0.2) is 4.98 Å². The summed E-state index contributed by atoms with van der Waals surface area (Å²) in [7, 11) is 0. The maximum absolute atomic E-state index is 13.3. The molecule has 4 aromatic rings. The number of hydrogen-bond acceptors (Lipinski definition) is 7. The van der Waals surface area contributed by atoms with Gasteiger partial charge in [0.25, 0.3) is 5.56 Å². The fourth-order valence-electron chi connectivity index (χ4n) is 3.92. The monoisotopic (exact) mass is 463 g/mol. The Morgan fingerprint density at radius 3 is 2.39 bits per heavy atom. The second kappa shape index (κ2) is 10.3. The first-order chi connectivity index (χ1) is 15.9. The molecule has 4 rings (SSSR count). The number of hydrogen-bond donors (Lipinski definition) is 0. The summed E-state index contributed by atoms with van der Waals surface area (Å²) in [6.45, 7) is 10.0. The number of fused-ring (bicyclic) bond motifs is 1. The molecule has 0 saturated heterocycles. The summed E-state index contributed by atoms with van der Waals surface area (Å²) in [6.07, 6.45) is 0. The summed E-state index contributed by atoms with van der Waals surface area (Å²) in [4.78, 5) is 20.5. The summed E-state index contributed by atoms with van der Waals surface area (Å²) in [5.74, 6) is 1.42. The lowest BCUT2D eigenvalue weighted by molar-refractivity contribution is 0.166. The van der Waals surface area contributed by atoms with E-state index in [0.717, 1.165) is 12.1 Å². The van der Waals surface area contributed by atoms with Gasteiger partial charge in [0, 0.05) is 30.7 Å². The zero-order valence-electron chi connectivity index (χ0n) is 19.4.